The number of ether oxygens (including phenoxy) is 1. The van der Waals surface area contributed by atoms with E-state index in [0.717, 1.165) is 31.4 Å². The van der Waals surface area contributed by atoms with E-state index in [4.69, 9.17) is 10.5 Å². The predicted octanol–water partition coefficient (Wildman–Crippen LogP) is 2.69. The first-order chi connectivity index (χ1) is 12.6. The van der Waals surface area contributed by atoms with Crippen molar-refractivity contribution in [3.8, 4) is 5.75 Å². The van der Waals surface area contributed by atoms with Crippen LogP contribution >= 0.6 is 0 Å². The van der Waals surface area contributed by atoms with Gasteiger partial charge < -0.3 is 15.4 Å². The second-order valence-electron chi connectivity index (χ2n) is 6.57. The first-order valence-corrected chi connectivity index (χ1v) is 8.76. The zero-order valence-corrected chi connectivity index (χ0v) is 14.8. The average Bonchev–Trinajstić information content (AvgIpc) is 2.88. The van der Waals surface area contributed by atoms with Gasteiger partial charge in [0.1, 0.15) is 17.4 Å². The fourth-order valence-corrected chi connectivity index (χ4v) is 3.36. The SMILES string of the molecule is COc1ccc(F)cc1C(=O)N1CCC[C@@H](Cc2cnc(N)cn2)CC1. The van der Waals surface area contributed by atoms with E-state index in [1.54, 1.807) is 17.3 Å². The number of benzene rings is 1. The van der Waals surface area contributed by atoms with Gasteiger partial charge in [0.25, 0.3) is 5.91 Å². The summed E-state index contributed by atoms with van der Waals surface area (Å²) in [5, 5.41) is 0. The Kier molecular flexibility index (Phi) is 5.65. The first kappa shape index (κ1) is 18.1. The highest BCUT2D eigenvalue weighted by molar-refractivity contribution is 5.97. The molecule has 1 aromatic heterocycles. The smallest absolute Gasteiger partial charge is 0.257 e. The maximum Gasteiger partial charge on any atom is 0.257 e. The number of aromatic nitrogens is 2. The lowest BCUT2D eigenvalue weighted by Gasteiger charge is -2.22. The van der Waals surface area contributed by atoms with Crippen LogP contribution < -0.4 is 10.5 Å². The molecule has 2 heterocycles. The van der Waals surface area contributed by atoms with Crippen molar-refractivity contribution in [1.29, 1.82) is 0 Å². The van der Waals surface area contributed by atoms with Crippen molar-refractivity contribution < 1.29 is 13.9 Å². The summed E-state index contributed by atoms with van der Waals surface area (Å²) in [5.74, 6) is 0.614. The highest BCUT2D eigenvalue weighted by Crippen LogP contribution is 2.25. The van der Waals surface area contributed by atoms with Crippen molar-refractivity contribution in [3.63, 3.8) is 0 Å². The van der Waals surface area contributed by atoms with Gasteiger partial charge in [0.05, 0.1) is 30.8 Å². The van der Waals surface area contributed by atoms with Crippen molar-refractivity contribution in [1.82, 2.24) is 14.9 Å². The van der Waals surface area contributed by atoms with Crippen LogP contribution in [0.2, 0.25) is 0 Å². The van der Waals surface area contributed by atoms with Crippen molar-refractivity contribution in [3.05, 3.63) is 47.7 Å². The summed E-state index contributed by atoms with van der Waals surface area (Å²) in [6.45, 7) is 1.29. The number of nitrogen functional groups attached to an aromatic ring is 1. The number of nitrogens with two attached hydrogens (primary N) is 1. The molecule has 2 N–H and O–H groups in total. The van der Waals surface area contributed by atoms with E-state index in [9.17, 15) is 9.18 Å². The first-order valence-electron chi connectivity index (χ1n) is 8.76. The highest BCUT2D eigenvalue weighted by atomic mass is 19.1. The van der Waals surface area contributed by atoms with Gasteiger partial charge in [-0.25, -0.2) is 9.37 Å². The highest BCUT2D eigenvalue weighted by Gasteiger charge is 2.24. The van der Waals surface area contributed by atoms with Crippen LogP contribution in [0.5, 0.6) is 5.75 Å². The molecule has 7 heteroatoms. The molecule has 0 spiro atoms. The van der Waals surface area contributed by atoms with Crippen LogP contribution in [0.4, 0.5) is 10.2 Å². The number of amides is 1. The normalized spacial score (nSPS) is 17.6. The van der Waals surface area contributed by atoms with Gasteiger partial charge in [-0.1, -0.05) is 0 Å². The number of carbonyl (C=O) groups is 1. The van der Waals surface area contributed by atoms with Gasteiger partial charge in [-0.3, -0.25) is 9.78 Å². The second kappa shape index (κ2) is 8.12. The number of hydrogen-bond acceptors (Lipinski definition) is 5. The van der Waals surface area contributed by atoms with Crippen LogP contribution in [-0.4, -0.2) is 41.0 Å². The Bertz CT molecular complexity index is 767. The summed E-state index contributed by atoms with van der Waals surface area (Å²) in [5.41, 5.74) is 6.76. The van der Waals surface area contributed by atoms with Crippen molar-refractivity contribution >= 4 is 11.7 Å². The van der Waals surface area contributed by atoms with Crippen LogP contribution in [0.15, 0.2) is 30.6 Å². The zero-order chi connectivity index (χ0) is 18.5. The number of likely N-dealkylation sites (tertiary alicyclic amines) is 1. The maximum absolute atomic E-state index is 13.6. The molecule has 1 saturated heterocycles. The molecule has 0 unspecified atom stereocenters. The number of nitrogens with zero attached hydrogens (tertiary/aromatic N) is 3. The Morgan fingerprint density at radius 2 is 2.15 bits per heavy atom. The van der Waals surface area contributed by atoms with Gasteiger partial charge in [-0.15, -0.1) is 0 Å². The molecular formula is C19H23FN4O2. The Labute approximate surface area is 152 Å². The van der Waals surface area contributed by atoms with Gasteiger partial charge >= 0.3 is 0 Å². The largest absolute Gasteiger partial charge is 0.496 e. The summed E-state index contributed by atoms with van der Waals surface area (Å²) in [7, 11) is 1.48. The molecule has 1 atom stereocenters. The van der Waals surface area contributed by atoms with E-state index < -0.39 is 5.82 Å². The molecular weight excluding hydrogens is 335 g/mol. The minimum Gasteiger partial charge on any atom is -0.496 e. The third-order valence-electron chi connectivity index (χ3n) is 4.75. The summed E-state index contributed by atoms with van der Waals surface area (Å²) in [6, 6.07) is 4.03. The number of hydrogen-bond donors (Lipinski definition) is 1. The molecule has 138 valence electrons. The molecule has 1 aliphatic heterocycles. The van der Waals surface area contributed by atoms with E-state index in [1.165, 1.54) is 25.3 Å². The van der Waals surface area contributed by atoms with E-state index in [-0.39, 0.29) is 11.5 Å². The number of halogens is 1. The van der Waals surface area contributed by atoms with E-state index >= 15 is 0 Å². The lowest BCUT2D eigenvalue weighted by molar-refractivity contribution is 0.0756. The van der Waals surface area contributed by atoms with E-state index in [2.05, 4.69) is 9.97 Å². The summed E-state index contributed by atoms with van der Waals surface area (Å²) in [6.07, 6.45) is 6.87. The Morgan fingerprint density at radius 1 is 1.31 bits per heavy atom. The molecule has 0 aliphatic carbocycles. The number of rotatable bonds is 4. The van der Waals surface area contributed by atoms with Crippen LogP contribution in [0.25, 0.3) is 0 Å². The third kappa shape index (κ3) is 4.28. The summed E-state index contributed by atoms with van der Waals surface area (Å²) in [4.78, 5) is 23.0. The molecule has 2 aromatic rings. The van der Waals surface area contributed by atoms with Crippen LogP contribution in [0, 0.1) is 11.7 Å². The fraction of sp³-hybridized carbons (Fsp3) is 0.421. The predicted molar refractivity (Wildman–Crippen MR) is 96.3 cm³/mol. The minimum atomic E-state index is -0.441. The van der Waals surface area contributed by atoms with Gasteiger partial charge in [0, 0.05) is 13.1 Å². The van der Waals surface area contributed by atoms with Crippen molar-refractivity contribution in [2.45, 2.75) is 25.7 Å². The Balaban J connectivity index is 1.65. The second-order valence-corrected chi connectivity index (χ2v) is 6.57. The zero-order valence-electron chi connectivity index (χ0n) is 14.8. The van der Waals surface area contributed by atoms with Gasteiger partial charge in [0.2, 0.25) is 0 Å². The van der Waals surface area contributed by atoms with Gasteiger partial charge in [-0.2, -0.15) is 0 Å². The van der Waals surface area contributed by atoms with E-state index in [1.807, 2.05) is 0 Å². The summed E-state index contributed by atoms with van der Waals surface area (Å²) >= 11 is 0. The number of methoxy groups -OCH3 is 1. The topological polar surface area (TPSA) is 81.3 Å². The van der Waals surface area contributed by atoms with Crippen LogP contribution in [0.1, 0.15) is 35.3 Å². The quantitative estimate of drug-likeness (QED) is 0.909. The molecule has 0 radical (unpaired) electrons. The average molecular weight is 358 g/mol. The van der Waals surface area contributed by atoms with Crippen LogP contribution in [0.3, 0.4) is 0 Å². The maximum atomic E-state index is 13.6. The molecule has 0 bridgehead atoms. The van der Waals surface area contributed by atoms with Crippen molar-refractivity contribution in [2.24, 2.45) is 5.92 Å². The molecule has 26 heavy (non-hydrogen) atoms. The lowest BCUT2D eigenvalue weighted by Crippen LogP contribution is -2.32. The van der Waals surface area contributed by atoms with Gasteiger partial charge in [0.15, 0.2) is 0 Å². The molecule has 3 rings (SSSR count). The molecule has 1 aromatic carbocycles. The monoisotopic (exact) mass is 358 g/mol. The number of carbonyl (C=O) groups excluding carboxylic acids is 1. The molecule has 1 aliphatic rings. The Hall–Kier alpha value is -2.70. The Morgan fingerprint density at radius 3 is 2.88 bits per heavy atom. The van der Waals surface area contributed by atoms with Crippen LogP contribution in [-0.2, 0) is 6.42 Å². The fourth-order valence-electron chi connectivity index (χ4n) is 3.36. The van der Waals surface area contributed by atoms with Gasteiger partial charge in [-0.05, 0) is 49.8 Å². The molecule has 0 saturated carbocycles. The molecule has 6 nitrogen and oxygen atoms in total. The standard InChI is InChI=1S/C19H23FN4O2/c1-26-17-5-4-14(20)10-16(17)19(25)24-7-2-3-13(6-8-24)9-15-11-23-18(21)12-22-15/h4-5,10-13H,2-3,6-9H2,1H3,(H2,21,23)/t13-/m1/s1. The van der Waals surface area contributed by atoms with E-state index in [0.29, 0.717) is 30.6 Å². The third-order valence-corrected chi connectivity index (χ3v) is 4.75. The summed E-state index contributed by atoms with van der Waals surface area (Å²) < 4.78 is 18.8. The molecule has 1 fully saturated rings. The lowest BCUT2D eigenvalue weighted by atomic mass is 9.95. The molecule has 1 amide bonds. The number of anilines is 1. The van der Waals surface area contributed by atoms with Crippen molar-refractivity contribution in [2.75, 3.05) is 25.9 Å². The minimum absolute atomic E-state index is 0.186.